The second kappa shape index (κ2) is 4.77. The average Bonchev–Trinajstić information content (AvgIpc) is 3.23. The molecule has 2 saturated heterocycles. The Morgan fingerprint density at radius 2 is 1.85 bits per heavy atom. The molecule has 0 N–H and O–H groups in total. The molecule has 2 amide bonds. The van der Waals surface area contributed by atoms with Gasteiger partial charge in [0.1, 0.15) is 0 Å². The van der Waals surface area contributed by atoms with Gasteiger partial charge in [-0.05, 0) is 30.9 Å². The van der Waals surface area contributed by atoms with Crippen molar-refractivity contribution in [2.45, 2.75) is 18.9 Å². The molecule has 4 heteroatoms. The Labute approximate surface area is 120 Å². The first-order valence-corrected chi connectivity index (χ1v) is 7.67. The lowest BCUT2D eigenvalue weighted by molar-refractivity contribution is 0.118. The summed E-state index contributed by atoms with van der Waals surface area (Å²) < 4.78 is 0. The number of hydrogen-bond acceptors (Lipinski definition) is 2. The number of hydrogen-bond donors (Lipinski definition) is 0. The van der Waals surface area contributed by atoms with Crippen LogP contribution in [0.5, 0.6) is 0 Å². The van der Waals surface area contributed by atoms with E-state index in [1.165, 1.54) is 19.4 Å². The van der Waals surface area contributed by atoms with Crippen LogP contribution in [0, 0.1) is 5.92 Å². The molecule has 1 aliphatic carbocycles. The number of nitrogens with zero attached hydrogens (tertiary/aromatic N) is 3. The van der Waals surface area contributed by atoms with Crippen LogP contribution in [0.3, 0.4) is 0 Å². The first-order valence-electron chi connectivity index (χ1n) is 7.67. The monoisotopic (exact) mass is 271 g/mol. The molecule has 0 aromatic heterocycles. The Kier molecular flexibility index (Phi) is 2.91. The van der Waals surface area contributed by atoms with Gasteiger partial charge < -0.3 is 4.90 Å². The van der Waals surface area contributed by atoms with Crippen LogP contribution in [0.2, 0.25) is 0 Å². The quantitative estimate of drug-likeness (QED) is 0.841. The zero-order valence-electron chi connectivity index (χ0n) is 11.7. The number of piperazine rings is 1. The number of fused-ring (bicyclic) bond motifs is 1. The van der Waals surface area contributed by atoms with Crippen molar-refractivity contribution in [1.82, 2.24) is 9.80 Å². The molecular weight excluding hydrogens is 250 g/mol. The predicted molar refractivity (Wildman–Crippen MR) is 78.8 cm³/mol. The molecule has 2 heterocycles. The van der Waals surface area contributed by atoms with Gasteiger partial charge in [-0.1, -0.05) is 18.2 Å². The number of para-hydroxylation sites is 1. The van der Waals surface area contributed by atoms with E-state index in [2.05, 4.69) is 9.80 Å². The van der Waals surface area contributed by atoms with E-state index in [4.69, 9.17) is 0 Å². The van der Waals surface area contributed by atoms with Crippen molar-refractivity contribution in [2.24, 2.45) is 5.92 Å². The largest absolute Gasteiger partial charge is 0.324 e. The molecule has 2 aliphatic heterocycles. The summed E-state index contributed by atoms with van der Waals surface area (Å²) in [5, 5.41) is 0. The van der Waals surface area contributed by atoms with E-state index in [0.29, 0.717) is 6.04 Å². The minimum Gasteiger partial charge on any atom is -0.317 e. The minimum atomic E-state index is 0.187. The fourth-order valence-corrected chi connectivity index (χ4v) is 3.43. The van der Waals surface area contributed by atoms with Crippen LogP contribution in [0.1, 0.15) is 12.8 Å². The molecule has 1 atom stereocenters. The molecule has 1 saturated carbocycles. The summed E-state index contributed by atoms with van der Waals surface area (Å²) in [5.41, 5.74) is 1.03. The molecule has 1 aromatic carbocycles. The first-order chi connectivity index (χ1) is 9.81. The van der Waals surface area contributed by atoms with Gasteiger partial charge in [-0.15, -0.1) is 0 Å². The van der Waals surface area contributed by atoms with Gasteiger partial charge in [0.05, 0.1) is 6.04 Å². The molecule has 0 spiro atoms. The maximum atomic E-state index is 12.5. The number of benzene rings is 1. The Hall–Kier alpha value is -1.55. The van der Waals surface area contributed by atoms with Crippen molar-refractivity contribution >= 4 is 11.7 Å². The highest BCUT2D eigenvalue weighted by molar-refractivity contribution is 5.94. The first kappa shape index (κ1) is 12.2. The molecule has 4 nitrogen and oxygen atoms in total. The van der Waals surface area contributed by atoms with Crippen LogP contribution in [0.4, 0.5) is 10.5 Å². The number of urea groups is 1. The number of carbonyl (C=O) groups excluding carboxylic acids is 1. The van der Waals surface area contributed by atoms with Crippen LogP contribution in [0.15, 0.2) is 30.3 Å². The predicted octanol–water partition coefficient (Wildman–Crippen LogP) is 2.02. The summed E-state index contributed by atoms with van der Waals surface area (Å²) in [6.07, 6.45) is 2.81. The number of rotatable bonds is 3. The Morgan fingerprint density at radius 3 is 2.60 bits per heavy atom. The fraction of sp³-hybridized carbons (Fsp3) is 0.562. The fourth-order valence-electron chi connectivity index (χ4n) is 3.43. The lowest BCUT2D eigenvalue weighted by atomic mass is 10.2. The Balaban J connectivity index is 1.47. The van der Waals surface area contributed by atoms with E-state index in [9.17, 15) is 4.79 Å². The molecular formula is C16H21N3O. The SMILES string of the molecule is O=C1N(c2ccccc2)C[C@H]2CN(CC3CC3)CCN12. The highest BCUT2D eigenvalue weighted by atomic mass is 16.2. The van der Waals surface area contributed by atoms with Gasteiger partial charge in [0.15, 0.2) is 0 Å². The second-order valence-electron chi connectivity index (χ2n) is 6.28. The third kappa shape index (κ3) is 2.18. The van der Waals surface area contributed by atoms with Crippen molar-refractivity contribution in [3.8, 4) is 0 Å². The van der Waals surface area contributed by atoms with E-state index < -0.39 is 0 Å². The molecule has 0 bridgehead atoms. The van der Waals surface area contributed by atoms with Gasteiger partial charge in [-0.25, -0.2) is 4.79 Å². The third-order valence-electron chi connectivity index (χ3n) is 4.72. The van der Waals surface area contributed by atoms with Crippen molar-refractivity contribution in [2.75, 3.05) is 37.6 Å². The van der Waals surface area contributed by atoms with Crippen molar-refractivity contribution in [3.63, 3.8) is 0 Å². The number of amides is 2. The molecule has 1 aromatic rings. The molecule has 4 rings (SSSR count). The lowest BCUT2D eigenvalue weighted by Gasteiger charge is -2.36. The molecule has 106 valence electrons. The van der Waals surface area contributed by atoms with Crippen LogP contribution in [-0.2, 0) is 0 Å². The van der Waals surface area contributed by atoms with Crippen molar-refractivity contribution < 1.29 is 4.79 Å². The maximum absolute atomic E-state index is 12.5. The van der Waals surface area contributed by atoms with Crippen molar-refractivity contribution in [3.05, 3.63) is 30.3 Å². The zero-order chi connectivity index (χ0) is 13.5. The van der Waals surface area contributed by atoms with Gasteiger partial charge in [-0.2, -0.15) is 0 Å². The summed E-state index contributed by atoms with van der Waals surface area (Å²) in [6, 6.07) is 10.6. The maximum Gasteiger partial charge on any atom is 0.324 e. The van der Waals surface area contributed by atoms with E-state index in [1.807, 2.05) is 35.2 Å². The van der Waals surface area contributed by atoms with Gasteiger partial charge in [0, 0.05) is 38.4 Å². The van der Waals surface area contributed by atoms with Crippen LogP contribution >= 0.6 is 0 Å². The van der Waals surface area contributed by atoms with E-state index in [1.54, 1.807) is 0 Å². The highest BCUT2D eigenvalue weighted by Crippen LogP contribution is 2.32. The van der Waals surface area contributed by atoms with Gasteiger partial charge in [0.2, 0.25) is 0 Å². The summed E-state index contributed by atoms with van der Waals surface area (Å²) in [4.78, 5) is 19.1. The molecule has 3 fully saturated rings. The smallest absolute Gasteiger partial charge is 0.317 e. The number of anilines is 1. The van der Waals surface area contributed by atoms with Gasteiger partial charge in [0.25, 0.3) is 0 Å². The zero-order valence-corrected chi connectivity index (χ0v) is 11.7. The minimum absolute atomic E-state index is 0.187. The van der Waals surface area contributed by atoms with Crippen LogP contribution < -0.4 is 4.90 Å². The summed E-state index contributed by atoms with van der Waals surface area (Å²) in [7, 11) is 0. The summed E-state index contributed by atoms with van der Waals surface area (Å²) in [6.45, 7) is 5.06. The van der Waals surface area contributed by atoms with Gasteiger partial charge in [-0.3, -0.25) is 9.80 Å². The van der Waals surface area contributed by atoms with Gasteiger partial charge >= 0.3 is 6.03 Å². The molecule has 0 radical (unpaired) electrons. The normalized spacial score (nSPS) is 27.0. The standard InChI is InChI=1S/C16H21N3O/c20-16-18-9-8-17(10-13-6-7-13)11-15(18)12-19(16)14-4-2-1-3-5-14/h1-5,13,15H,6-12H2/t15-/m1/s1. The van der Waals surface area contributed by atoms with Crippen LogP contribution in [0.25, 0.3) is 0 Å². The molecule has 20 heavy (non-hydrogen) atoms. The Bertz CT molecular complexity index is 500. The second-order valence-corrected chi connectivity index (χ2v) is 6.28. The lowest BCUT2D eigenvalue weighted by Crippen LogP contribution is -2.52. The highest BCUT2D eigenvalue weighted by Gasteiger charge is 2.41. The molecule has 0 unspecified atom stereocenters. The topological polar surface area (TPSA) is 26.8 Å². The van der Waals surface area contributed by atoms with E-state index in [-0.39, 0.29) is 6.03 Å². The molecule has 3 aliphatic rings. The summed E-state index contributed by atoms with van der Waals surface area (Å²) in [5.74, 6) is 0.934. The summed E-state index contributed by atoms with van der Waals surface area (Å²) >= 11 is 0. The van der Waals surface area contributed by atoms with Crippen molar-refractivity contribution in [1.29, 1.82) is 0 Å². The average molecular weight is 271 g/mol. The van der Waals surface area contributed by atoms with Crippen LogP contribution in [-0.4, -0.2) is 54.6 Å². The van der Waals surface area contributed by atoms with E-state index >= 15 is 0 Å². The number of carbonyl (C=O) groups is 1. The van der Waals surface area contributed by atoms with E-state index in [0.717, 1.165) is 37.8 Å². The Morgan fingerprint density at radius 1 is 1.05 bits per heavy atom. The third-order valence-corrected chi connectivity index (χ3v) is 4.72.